The molecule has 0 bridgehead atoms. The van der Waals surface area contributed by atoms with Crippen molar-refractivity contribution in [1.29, 1.82) is 0 Å². The fraction of sp³-hybridized carbons (Fsp3) is 0.0588. The molecule has 0 atom stereocenters. The number of para-hydroxylation sites is 1. The van der Waals surface area contributed by atoms with Crippen molar-refractivity contribution in [2.75, 3.05) is 0 Å². The molecule has 1 aliphatic carbocycles. The molecule has 1 aromatic heterocycles. The van der Waals surface area contributed by atoms with E-state index in [1.165, 1.54) is 61.2 Å². The van der Waals surface area contributed by atoms with Crippen LogP contribution in [-0.2, 0) is 12.8 Å². The predicted molar refractivity (Wildman–Crippen MR) is 147 cm³/mol. The minimum Gasteiger partial charge on any atom is -0.309 e. The first-order valence-electron chi connectivity index (χ1n) is 12.3. The van der Waals surface area contributed by atoms with Crippen molar-refractivity contribution in [1.82, 2.24) is 4.57 Å². The summed E-state index contributed by atoms with van der Waals surface area (Å²) in [6.07, 6.45) is 2.19. The van der Waals surface area contributed by atoms with E-state index in [0.29, 0.717) is 0 Å². The fourth-order valence-electron chi connectivity index (χ4n) is 5.73. The molecule has 0 unspecified atom stereocenters. The third-order valence-corrected chi connectivity index (χ3v) is 7.34. The molecule has 0 radical (unpaired) electrons. The second kappa shape index (κ2) is 8.14. The van der Waals surface area contributed by atoms with E-state index in [0.717, 1.165) is 12.8 Å². The van der Waals surface area contributed by atoms with E-state index in [1.807, 2.05) is 0 Å². The Bertz CT molecular complexity index is 1670. The molecule has 0 fully saturated rings. The first-order valence-corrected chi connectivity index (χ1v) is 12.3. The van der Waals surface area contributed by atoms with Crippen LogP contribution in [0.3, 0.4) is 0 Å². The monoisotopic (exact) mass is 447 g/mol. The normalized spacial score (nSPS) is 12.3. The summed E-state index contributed by atoms with van der Waals surface area (Å²) < 4.78 is 2.47. The summed E-state index contributed by atoms with van der Waals surface area (Å²) in [5.74, 6) is 0. The molecule has 1 aliphatic rings. The highest BCUT2D eigenvalue weighted by atomic mass is 15.0. The van der Waals surface area contributed by atoms with Crippen LogP contribution in [0.15, 0.2) is 127 Å². The van der Waals surface area contributed by atoms with E-state index in [-0.39, 0.29) is 0 Å². The highest BCUT2D eigenvalue weighted by Gasteiger charge is 2.24. The van der Waals surface area contributed by atoms with Crippen molar-refractivity contribution >= 4 is 10.9 Å². The van der Waals surface area contributed by atoms with Crippen molar-refractivity contribution in [3.8, 4) is 39.2 Å². The Morgan fingerprint density at radius 2 is 1.06 bits per heavy atom. The Morgan fingerprint density at radius 3 is 1.83 bits per heavy atom. The van der Waals surface area contributed by atoms with Crippen LogP contribution in [0.25, 0.3) is 50.1 Å². The van der Waals surface area contributed by atoms with Gasteiger partial charge in [0.25, 0.3) is 0 Å². The lowest BCUT2D eigenvalue weighted by Crippen LogP contribution is -2.06. The number of benzene rings is 5. The van der Waals surface area contributed by atoms with Gasteiger partial charge in [-0.15, -0.1) is 0 Å². The Morgan fingerprint density at radius 1 is 0.457 bits per heavy atom. The van der Waals surface area contributed by atoms with Gasteiger partial charge in [-0.1, -0.05) is 109 Å². The molecule has 0 amide bonds. The molecule has 0 saturated carbocycles. The van der Waals surface area contributed by atoms with Gasteiger partial charge >= 0.3 is 0 Å². The van der Waals surface area contributed by atoms with Crippen LogP contribution in [0, 0.1) is 0 Å². The molecule has 35 heavy (non-hydrogen) atoms. The number of fused-ring (bicyclic) bond motifs is 5. The summed E-state index contributed by atoms with van der Waals surface area (Å²) >= 11 is 0. The van der Waals surface area contributed by atoms with E-state index < -0.39 is 0 Å². The number of rotatable bonds is 3. The van der Waals surface area contributed by atoms with Gasteiger partial charge in [0.15, 0.2) is 0 Å². The van der Waals surface area contributed by atoms with E-state index in [4.69, 9.17) is 0 Å². The number of aryl methyl sites for hydroxylation is 2. The van der Waals surface area contributed by atoms with Gasteiger partial charge in [-0.05, 0) is 64.4 Å². The molecule has 1 heterocycles. The fourth-order valence-corrected chi connectivity index (χ4v) is 5.73. The first kappa shape index (κ1) is 20.1. The average Bonchev–Trinajstić information content (AvgIpc) is 3.29. The van der Waals surface area contributed by atoms with Gasteiger partial charge in [0.05, 0.1) is 11.2 Å². The molecular formula is C34H25N. The minimum absolute atomic E-state index is 1.09. The predicted octanol–water partition coefficient (Wildman–Crippen LogP) is 8.73. The van der Waals surface area contributed by atoms with Crippen molar-refractivity contribution in [3.63, 3.8) is 0 Å². The summed E-state index contributed by atoms with van der Waals surface area (Å²) in [4.78, 5) is 0. The SMILES string of the molecule is c1ccc(-c2ccccc2-c2ccc(-n3c4c(c5ccccc53)CCc3ccccc3-4)cc2)cc1. The van der Waals surface area contributed by atoms with Gasteiger partial charge in [0.2, 0.25) is 0 Å². The molecular weight excluding hydrogens is 422 g/mol. The van der Waals surface area contributed by atoms with Gasteiger partial charge in [-0.2, -0.15) is 0 Å². The van der Waals surface area contributed by atoms with Gasteiger partial charge in [0, 0.05) is 16.6 Å². The zero-order chi connectivity index (χ0) is 23.2. The maximum absolute atomic E-state index is 2.47. The summed E-state index contributed by atoms with van der Waals surface area (Å²) in [5, 5.41) is 1.37. The second-order valence-corrected chi connectivity index (χ2v) is 9.30. The van der Waals surface area contributed by atoms with Crippen LogP contribution in [0.5, 0.6) is 0 Å². The van der Waals surface area contributed by atoms with Crippen LogP contribution in [0.4, 0.5) is 0 Å². The largest absolute Gasteiger partial charge is 0.309 e. The lowest BCUT2D eigenvalue weighted by Gasteiger charge is -2.20. The molecule has 0 N–H and O–H groups in total. The van der Waals surface area contributed by atoms with Crippen molar-refractivity contribution in [2.45, 2.75) is 12.8 Å². The number of hydrogen-bond acceptors (Lipinski definition) is 0. The molecule has 166 valence electrons. The topological polar surface area (TPSA) is 4.93 Å². The summed E-state index contributed by atoms with van der Waals surface area (Å²) in [6, 6.07) is 46.2. The molecule has 0 spiro atoms. The highest BCUT2D eigenvalue weighted by molar-refractivity contribution is 5.95. The zero-order valence-electron chi connectivity index (χ0n) is 19.5. The summed E-state index contributed by atoms with van der Waals surface area (Å²) in [5.41, 5.74) is 13.1. The Balaban J connectivity index is 1.40. The second-order valence-electron chi connectivity index (χ2n) is 9.30. The molecule has 0 aliphatic heterocycles. The van der Waals surface area contributed by atoms with Crippen LogP contribution >= 0.6 is 0 Å². The molecule has 5 aromatic carbocycles. The van der Waals surface area contributed by atoms with Crippen LogP contribution in [-0.4, -0.2) is 4.57 Å². The molecule has 1 nitrogen and oxygen atoms in total. The standard InChI is InChI=1S/C34H25N/c1-2-10-24(11-3-1)28-13-6-7-14-29(28)26-18-21-27(22-19-26)35-33-17-9-8-16-31(33)32-23-20-25-12-4-5-15-30(25)34(32)35/h1-19,21-22H,20,23H2. The Kier molecular flexibility index (Phi) is 4.67. The maximum atomic E-state index is 2.47. The van der Waals surface area contributed by atoms with Crippen LogP contribution in [0.2, 0.25) is 0 Å². The van der Waals surface area contributed by atoms with Gasteiger partial charge < -0.3 is 4.57 Å². The van der Waals surface area contributed by atoms with Crippen molar-refractivity contribution in [2.24, 2.45) is 0 Å². The summed E-state index contributed by atoms with van der Waals surface area (Å²) in [7, 11) is 0. The zero-order valence-corrected chi connectivity index (χ0v) is 19.5. The third kappa shape index (κ3) is 3.24. The van der Waals surface area contributed by atoms with E-state index in [9.17, 15) is 0 Å². The van der Waals surface area contributed by atoms with Crippen molar-refractivity contribution < 1.29 is 0 Å². The summed E-state index contributed by atoms with van der Waals surface area (Å²) in [6.45, 7) is 0. The minimum atomic E-state index is 1.09. The Labute approximate surface area is 205 Å². The van der Waals surface area contributed by atoms with E-state index >= 15 is 0 Å². The highest BCUT2D eigenvalue weighted by Crippen LogP contribution is 2.42. The van der Waals surface area contributed by atoms with E-state index in [1.54, 1.807) is 0 Å². The molecule has 6 aromatic rings. The van der Waals surface area contributed by atoms with Crippen LogP contribution < -0.4 is 0 Å². The van der Waals surface area contributed by atoms with Gasteiger partial charge in [-0.25, -0.2) is 0 Å². The molecule has 1 heteroatoms. The quantitative estimate of drug-likeness (QED) is 0.256. The van der Waals surface area contributed by atoms with Gasteiger partial charge in [0.1, 0.15) is 0 Å². The van der Waals surface area contributed by atoms with Crippen molar-refractivity contribution in [3.05, 3.63) is 139 Å². The molecule has 0 saturated heterocycles. The van der Waals surface area contributed by atoms with E-state index in [2.05, 4.69) is 132 Å². The number of hydrogen-bond donors (Lipinski definition) is 0. The molecule has 7 rings (SSSR count). The third-order valence-electron chi connectivity index (χ3n) is 7.34. The maximum Gasteiger partial charge on any atom is 0.0575 e. The average molecular weight is 448 g/mol. The first-order chi connectivity index (χ1) is 17.4. The Hall–Kier alpha value is -4.36. The smallest absolute Gasteiger partial charge is 0.0575 e. The number of aromatic nitrogens is 1. The number of nitrogens with zero attached hydrogens (tertiary/aromatic N) is 1. The van der Waals surface area contributed by atoms with Crippen LogP contribution in [0.1, 0.15) is 11.1 Å². The van der Waals surface area contributed by atoms with Gasteiger partial charge in [-0.3, -0.25) is 0 Å². The lowest BCUT2D eigenvalue weighted by molar-refractivity contribution is 0.934. The lowest BCUT2D eigenvalue weighted by atomic mass is 9.89.